The van der Waals surface area contributed by atoms with Crippen LogP contribution < -0.4 is 21.1 Å². The topological polar surface area (TPSA) is 98.4 Å². The number of nitrogens with one attached hydrogen (secondary N) is 2. The number of nitrogens with zero attached hydrogens (tertiary/aromatic N) is 2. The van der Waals surface area contributed by atoms with Gasteiger partial charge < -0.3 is 9.15 Å². The highest BCUT2D eigenvalue weighted by molar-refractivity contribution is 5.99. The fourth-order valence-electron chi connectivity index (χ4n) is 3.27. The maximum absolute atomic E-state index is 12.7. The monoisotopic (exact) mass is 392 g/mol. The number of para-hydroxylation sites is 1. The van der Waals surface area contributed by atoms with E-state index in [0.717, 1.165) is 5.39 Å². The van der Waals surface area contributed by atoms with Crippen molar-refractivity contribution in [2.24, 2.45) is 0 Å². The lowest BCUT2D eigenvalue weighted by atomic mass is 10.1. The Morgan fingerprint density at radius 3 is 2.76 bits per heavy atom. The van der Waals surface area contributed by atoms with Crippen LogP contribution in [0.3, 0.4) is 0 Å². The molecule has 1 amide bonds. The number of ether oxygens (including phenoxy) is 1. The molecule has 29 heavy (non-hydrogen) atoms. The van der Waals surface area contributed by atoms with Gasteiger partial charge in [-0.05, 0) is 44.2 Å². The Morgan fingerprint density at radius 1 is 1.21 bits per heavy atom. The molecule has 2 heterocycles. The number of hydrogen-bond donors (Lipinski definition) is 2. The number of rotatable bonds is 5. The molecule has 0 saturated carbocycles. The number of fused-ring (bicyclic) bond motifs is 2. The molecule has 0 saturated heterocycles. The summed E-state index contributed by atoms with van der Waals surface area (Å²) in [6.45, 7) is 4.04. The van der Waals surface area contributed by atoms with Crippen LogP contribution in [0.1, 0.15) is 23.0 Å². The summed E-state index contributed by atoms with van der Waals surface area (Å²) in [5.41, 5.74) is 6.98. The van der Waals surface area contributed by atoms with E-state index in [4.69, 9.17) is 9.15 Å². The third-order valence-electron chi connectivity index (χ3n) is 4.82. The first-order valence-electron chi connectivity index (χ1n) is 9.16. The largest absolute Gasteiger partial charge is 0.497 e. The van der Waals surface area contributed by atoms with Crippen LogP contribution in [0.2, 0.25) is 0 Å². The molecule has 0 aliphatic carbocycles. The Balaban J connectivity index is 1.64. The van der Waals surface area contributed by atoms with Crippen LogP contribution in [0.5, 0.6) is 5.75 Å². The van der Waals surface area contributed by atoms with E-state index in [1.54, 1.807) is 50.4 Å². The second kappa shape index (κ2) is 7.31. The molecule has 0 fully saturated rings. The molecule has 8 nitrogen and oxygen atoms in total. The van der Waals surface area contributed by atoms with Crippen molar-refractivity contribution in [1.82, 2.24) is 15.0 Å². The average molecular weight is 392 g/mol. The highest BCUT2D eigenvalue weighted by Gasteiger charge is 2.19. The van der Waals surface area contributed by atoms with Crippen molar-refractivity contribution in [1.29, 1.82) is 0 Å². The molecule has 0 unspecified atom stereocenters. The number of benzene rings is 2. The maximum Gasteiger partial charge on any atom is 0.305 e. The molecule has 0 atom stereocenters. The lowest BCUT2D eigenvalue weighted by Gasteiger charge is -2.13. The first kappa shape index (κ1) is 18.5. The van der Waals surface area contributed by atoms with E-state index in [1.165, 1.54) is 4.57 Å². The van der Waals surface area contributed by atoms with Crippen molar-refractivity contribution < 1.29 is 13.9 Å². The first-order chi connectivity index (χ1) is 14.0. The van der Waals surface area contributed by atoms with Gasteiger partial charge in [-0.15, -0.1) is 0 Å². The van der Waals surface area contributed by atoms with E-state index in [-0.39, 0.29) is 17.3 Å². The number of hydrazine groups is 1. The number of hydrogen-bond acceptors (Lipinski definition) is 6. The van der Waals surface area contributed by atoms with Crippen LogP contribution in [0.15, 0.2) is 51.7 Å². The maximum atomic E-state index is 12.7. The van der Waals surface area contributed by atoms with Crippen LogP contribution in [0, 0.1) is 6.92 Å². The number of anilines is 1. The summed E-state index contributed by atoms with van der Waals surface area (Å²) in [4.78, 5) is 29.8. The van der Waals surface area contributed by atoms with Crippen molar-refractivity contribution in [2.75, 3.05) is 12.5 Å². The number of aryl methyl sites for hydroxylation is 1. The zero-order valence-corrected chi connectivity index (χ0v) is 16.3. The standard InChI is InChI=1S/C21H20N4O4/c1-4-25-20(27)14-7-5-6-8-16(14)22-21(25)24-23-19(26)18-12(2)15-11-13(28-3)9-10-17(15)29-18/h5-11H,4H2,1-3H3,(H,22,24)(H,23,26). The van der Waals surface area contributed by atoms with Crippen molar-refractivity contribution in [3.05, 3.63) is 64.1 Å². The minimum atomic E-state index is -0.470. The molecule has 8 heteroatoms. The number of amides is 1. The number of furan rings is 1. The molecule has 4 aromatic rings. The molecule has 2 N–H and O–H groups in total. The lowest BCUT2D eigenvalue weighted by Crippen LogP contribution is -2.34. The molecule has 2 aromatic carbocycles. The van der Waals surface area contributed by atoms with Gasteiger partial charge in [0.1, 0.15) is 11.3 Å². The van der Waals surface area contributed by atoms with Gasteiger partial charge in [-0.3, -0.25) is 25.0 Å². The Bertz CT molecular complexity index is 1290. The Kier molecular flexibility index (Phi) is 4.67. The van der Waals surface area contributed by atoms with Gasteiger partial charge >= 0.3 is 5.91 Å². The van der Waals surface area contributed by atoms with Gasteiger partial charge in [0.2, 0.25) is 5.95 Å². The highest BCUT2D eigenvalue weighted by atomic mass is 16.5. The number of aromatic nitrogens is 2. The molecule has 0 bridgehead atoms. The van der Waals surface area contributed by atoms with Gasteiger partial charge in [0, 0.05) is 17.5 Å². The predicted octanol–water partition coefficient (Wildman–Crippen LogP) is 3.24. The summed E-state index contributed by atoms with van der Waals surface area (Å²) in [7, 11) is 1.58. The smallest absolute Gasteiger partial charge is 0.305 e. The third-order valence-corrected chi connectivity index (χ3v) is 4.82. The van der Waals surface area contributed by atoms with Crippen LogP contribution in [0.4, 0.5) is 5.95 Å². The van der Waals surface area contributed by atoms with E-state index in [1.807, 2.05) is 13.0 Å². The number of carbonyl (C=O) groups excluding carboxylic acids is 1. The van der Waals surface area contributed by atoms with E-state index in [9.17, 15) is 9.59 Å². The Labute approximate surface area is 166 Å². The summed E-state index contributed by atoms with van der Waals surface area (Å²) in [5.74, 6) is 0.633. The Hall–Kier alpha value is -3.81. The third kappa shape index (κ3) is 3.18. The molecule has 0 radical (unpaired) electrons. The van der Waals surface area contributed by atoms with E-state index in [0.29, 0.717) is 34.3 Å². The van der Waals surface area contributed by atoms with Crippen molar-refractivity contribution in [3.8, 4) is 5.75 Å². The molecule has 0 spiro atoms. The second-order valence-electron chi connectivity index (χ2n) is 6.50. The zero-order valence-electron chi connectivity index (χ0n) is 16.3. The molecular formula is C21H20N4O4. The zero-order chi connectivity index (χ0) is 20.5. The van der Waals surface area contributed by atoms with Crippen molar-refractivity contribution in [2.45, 2.75) is 20.4 Å². The molecule has 148 valence electrons. The average Bonchev–Trinajstić information content (AvgIpc) is 3.08. The quantitative estimate of drug-likeness (QED) is 0.506. The van der Waals surface area contributed by atoms with Crippen LogP contribution in [0.25, 0.3) is 21.9 Å². The van der Waals surface area contributed by atoms with Crippen LogP contribution in [-0.4, -0.2) is 22.6 Å². The van der Waals surface area contributed by atoms with Gasteiger partial charge in [0.25, 0.3) is 5.56 Å². The van der Waals surface area contributed by atoms with Crippen molar-refractivity contribution >= 4 is 33.7 Å². The summed E-state index contributed by atoms with van der Waals surface area (Å²) in [6.07, 6.45) is 0. The summed E-state index contributed by atoms with van der Waals surface area (Å²) >= 11 is 0. The first-order valence-corrected chi connectivity index (χ1v) is 9.16. The minimum absolute atomic E-state index is 0.173. The predicted molar refractivity (Wildman–Crippen MR) is 110 cm³/mol. The SMILES string of the molecule is CCn1c(NNC(=O)c2oc3ccc(OC)cc3c2C)nc2ccccc2c1=O. The van der Waals surface area contributed by atoms with Gasteiger partial charge in [-0.1, -0.05) is 12.1 Å². The molecule has 2 aromatic heterocycles. The van der Waals surface area contributed by atoms with Gasteiger partial charge in [-0.2, -0.15) is 0 Å². The van der Waals surface area contributed by atoms with Gasteiger partial charge in [-0.25, -0.2) is 4.98 Å². The van der Waals surface area contributed by atoms with Gasteiger partial charge in [0.05, 0.1) is 18.0 Å². The fraction of sp³-hybridized carbons (Fsp3) is 0.190. The van der Waals surface area contributed by atoms with E-state index < -0.39 is 5.91 Å². The summed E-state index contributed by atoms with van der Waals surface area (Å²) in [6, 6.07) is 12.4. The van der Waals surface area contributed by atoms with Gasteiger partial charge in [0.15, 0.2) is 5.76 Å². The van der Waals surface area contributed by atoms with E-state index in [2.05, 4.69) is 15.8 Å². The van der Waals surface area contributed by atoms with Crippen LogP contribution in [-0.2, 0) is 6.54 Å². The summed E-state index contributed by atoms with van der Waals surface area (Å²) < 4.78 is 12.4. The lowest BCUT2D eigenvalue weighted by molar-refractivity contribution is 0.0936. The molecular weight excluding hydrogens is 372 g/mol. The van der Waals surface area contributed by atoms with E-state index >= 15 is 0 Å². The van der Waals surface area contributed by atoms with Crippen molar-refractivity contribution in [3.63, 3.8) is 0 Å². The molecule has 4 rings (SSSR count). The second-order valence-corrected chi connectivity index (χ2v) is 6.50. The molecule has 0 aliphatic heterocycles. The minimum Gasteiger partial charge on any atom is -0.497 e. The highest BCUT2D eigenvalue weighted by Crippen LogP contribution is 2.28. The summed E-state index contributed by atoms with van der Waals surface area (Å²) in [5, 5.41) is 1.32. The molecule has 0 aliphatic rings. The normalized spacial score (nSPS) is 11.0. The number of methoxy groups -OCH3 is 1. The number of carbonyl (C=O) groups is 1. The Morgan fingerprint density at radius 2 is 2.00 bits per heavy atom. The van der Waals surface area contributed by atoms with Crippen LogP contribution >= 0.6 is 0 Å². The fourth-order valence-corrected chi connectivity index (χ4v) is 3.27.